The fraction of sp³-hybridized carbons (Fsp3) is 0.750. The molecule has 7 heteroatoms. The second-order valence-electron chi connectivity index (χ2n) is 5.93. The average molecular weight is 399 g/mol. The van der Waals surface area contributed by atoms with Gasteiger partial charge in [-0.15, -0.1) is 0 Å². The van der Waals surface area contributed by atoms with Gasteiger partial charge in [0.15, 0.2) is 5.72 Å². The van der Waals surface area contributed by atoms with E-state index in [1.54, 1.807) is 0 Å². The molecule has 1 aliphatic rings. The second kappa shape index (κ2) is 6.66. The van der Waals surface area contributed by atoms with Crippen molar-refractivity contribution < 1.29 is 19.7 Å². The van der Waals surface area contributed by atoms with Crippen molar-refractivity contribution in [3.63, 3.8) is 0 Å². The van der Waals surface area contributed by atoms with Crippen LogP contribution in [0, 0.1) is 0 Å². The third-order valence-electron chi connectivity index (χ3n) is 2.97. The summed E-state index contributed by atoms with van der Waals surface area (Å²) in [6.07, 6.45) is 1.58. The van der Waals surface area contributed by atoms with E-state index in [0.29, 0.717) is 10.2 Å². The maximum atomic E-state index is 11.9. The molecular weight excluding hydrogens is 377 g/mol. The van der Waals surface area contributed by atoms with Gasteiger partial charge in [0.25, 0.3) is 5.91 Å². The third kappa shape index (κ3) is 4.82. The number of carbonyl (C=O) groups is 1. The quantitative estimate of drug-likeness (QED) is 0.387. The van der Waals surface area contributed by atoms with Crippen molar-refractivity contribution in [2.24, 2.45) is 0 Å². The number of aliphatic hydroxyl groups is 2. The van der Waals surface area contributed by atoms with Gasteiger partial charge in [-0.25, -0.2) is 0 Å². The highest BCUT2D eigenvalue weighted by atomic mass is 127. The third-order valence-corrected chi connectivity index (χ3v) is 5.45. The fourth-order valence-electron chi connectivity index (χ4n) is 1.72. The van der Waals surface area contributed by atoms with Gasteiger partial charge in [0.2, 0.25) is 0 Å². The molecule has 0 aromatic rings. The number of hydrogen-bond acceptors (Lipinski definition) is 4. The van der Waals surface area contributed by atoms with Crippen molar-refractivity contribution in [3.05, 3.63) is 9.66 Å². The van der Waals surface area contributed by atoms with E-state index in [2.05, 4.69) is 19.6 Å². The SMILES string of the molecule is C[Si](C)(C)CCOCN1C(=O)C(I)=C[C@]1(O)CCO. The summed E-state index contributed by atoms with van der Waals surface area (Å²) in [4.78, 5) is 13.2. The second-order valence-corrected chi connectivity index (χ2v) is 12.7. The van der Waals surface area contributed by atoms with E-state index < -0.39 is 13.8 Å². The van der Waals surface area contributed by atoms with Crippen molar-refractivity contribution in [1.82, 2.24) is 4.90 Å². The predicted molar refractivity (Wildman–Crippen MR) is 84.6 cm³/mol. The van der Waals surface area contributed by atoms with Gasteiger partial charge < -0.3 is 14.9 Å². The normalized spacial score (nSPS) is 24.0. The highest BCUT2D eigenvalue weighted by Crippen LogP contribution is 2.32. The minimum absolute atomic E-state index is 0.0583. The van der Waals surface area contributed by atoms with Crippen LogP contribution < -0.4 is 0 Å². The monoisotopic (exact) mass is 399 g/mol. The molecule has 0 saturated heterocycles. The predicted octanol–water partition coefficient (Wildman–Crippen LogP) is 1.53. The molecule has 0 fully saturated rings. The Bertz CT molecular complexity index is 369. The zero-order valence-corrected chi connectivity index (χ0v) is 14.8. The summed E-state index contributed by atoms with van der Waals surface area (Å²) in [6.45, 7) is 7.22. The number of amides is 1. The molecule has 0 unspecified atom stereocenters. The molecule has 19 heavy (non-hydrogen) atoms. The number of halogens is 1. The summed E-state index contributed by atoms with van der Waals surface area (Å²) in [5, 5.41) is 19.3. The molecule has 0 saturated carbocycles. The van der Waals surface area contributed by atoms with E-state index in [4.69, 9.17) is 9.84 Å². The molecule has 1 heterocycles. The summed E-state index contributed by atoms with van der Waals surface area (Å²) < 4.78 is 5.98. The first-order valence-electron chi connectivity index (χ1n) is 6.31. The maximum Gasteiger partial charge on any atom is 0.264 e. The number of nitrogens with zero attached hydrogens (tertiary/aromatic N) is 1. The summed E-state index contributed by atoms with van der Waals surface area (Å²) >= 11 is 1.89. The first-order valence-corrected chi connectivity index (χ1v) is 11.1. The number of carbonyl (C=O) groups excluding carboxylic acids is 1. The molecule has 0 spiro atoms. The minimum Gasteiger partial charge on any atom is -0.396 e. The first kappa shape index (κ1) is 17.1. The Morgan fingerprint density at radius 1 is 1.47 bits per heavy atom. The Labute approximate surface area is 128 Å². The number of rotatable bonds is 7. The lowest BCUT2D eigenvalue weighted by molar-refractivity contribution is -0.157. The molecule has 1 rings (SSSR count). The van der Waals surface area contributed by atoms with E-state index >= 15 is 0 Å². The van der Waals surface area contributed by atoms with Crippen LogP contribution in [0.3, 0.4) is 0 Å². The van der Waals surface area contributed by atoms with E-state index in [0.717, 1.165) is 6.04 Å². The zero-order chi connectivity index (χ0) is 14.7. The summed E-state index contributed by atoms with van der Waals surface area (Å²) in [7, 11) is -1.16. The molecule has 1 atom stereocenters. The Morgan fingerprint density at radius 3 is 2.63 bits per heavy atom. The highest BCUT2D eigenvalue weighted by Gasteiger charge is 2.42. The van der Waals surface area contributed by atoms with Crippen LogP contribution in [0.15, 0.2) is 9.66 Å². The van der Waals surface area contributed by atoms with Gasteiger partial charge >= 0.3 is 0 Å². The maximum absolute atomic E-state index is 11.9. The highest BCUT2D eigenvalue weighted by molar-refractivity contribution is 14.1. The van der Waals surface area contributed by atoms with E-state index in [-0.39, 0.29) is 25.7 Å². The van der Waals surface area contributed by atoms with Crippen molar-refractivity contribution in [3.8, 4) is 0 Å². The van der Waals surface area contributed by atoms with E-state index in [1.807, 2.05) is 22.6 Å². The largest absolute Gasteiger partial charge is 0.396 e. The number of aliphatic hydroxyl groups excluding tert-OH is 1. The Hall–Kier alpha value is 0.0369. The van der Waals surface area contributed by atoms with Crippen LogP contribution in [-0.2, 0) is 9.53 Å². The molecule has 0 bridgehead atoms. The smallest absolute Gasteiger partial charge is 0.264 e. The Morgan fingerprint density at radius 2 is 2.11 bits per heavy atom. The van der Waals surface area contributed by atoms with E-state index in [1.165, 1.54) is 11.0 Å². The molecule has 1 amide bonds. The van der Waals surface area contributed by atoms with Crippen LogP contribution in [0.2, 0.25) is 25.7 Å². The van der Waals surface area contributed by atoms with Crippen molar-refractivity contribution in [2.45, 2.75) is 37.8 Å². The van der Waals surface area contributed by atoms with Gasteiger partial charge in [0.1, 0.15) is 6.73 Å². The van der Waals surface area contributed by atoms with Gasteiger partial charge in [0, 0.05) is 27.7 Å². The van der Waals surface area contributed by atoms with Crippen molar-refractivity contribution in [1.29, 1.82) is 0 Å². The van der Waals surface area contributed by atoms with Crippen LogP contribution in [0.4, 0.5) is 0 Å². The molecule has 0 radical (unpaired) electrons. The van der Waals surface area contributed by atoms with Gasteiger partial charge in [0.05, 0.1) is 3.58 Å². The topological polar surface area (TPSA) is 70.0 Å². The summed E-state index contributed by atoms with van der Waals surface area (Å²) in [5.41, 5.74) is -1.42. The molecule has 110 valence electrons. The lowest BCUT2D eigenvalue weighted by Crippen LogP contribution is -2.48. The van der Waals surface area contributed by atoms with Crippen molar-refractivity contribution in [2.75, 3.05) is 19.9 Å². The standard InChI is InChI=1S/C12H22INO4Si/c1-19(2,3)7-6-18-9-14-11(16)10(13)8-12(14,17)4-5-15/h8,15,17H,4-7,9H2,1-3H3/t12-/m1/s1. The van der Waals surface area contributed by atoms with Crippen LogP contribution in [-0.4, -0.2) is 54.8 Å². The molecular formula is C12H22INO4Si. The first-order chi connectivity index (χ1) is 8.69. The van der Waals surface area contributed by atoms with Crippen LogP contribution >= 0.6 is 22.6 Å². The van der Waals surface area contributed by atoms with Crippen LogP contribution in [0.5, 0.6) is 0 Å². The van der Waals surface area contributed by atoms with Crippen LogP contribution in [0.25, 0.3) is 0 Å². The number of ether oxygens (including phenoxy) is 1. The van der Waals surface area contributed by atoms with Crippen LogP contribution in [0.1, 0.15) is 6.42 Å². The number of hydrogen-bond donors (Lipinski definition) is 2. The van der Waals surface area contributed by atoms with Gasteiger partial charge in [-0.1, -0.05) is 19.6 Å². The van der Waals surface area contributed by atoms with Gasteiger partial charge in [-0.3, -0.25) is 9.69 Å². The minimum atomic E-state index is -1.42. The Kier molecular flexibility index (Phi) is 5.99. The van der Waals surface area contributed by atoms with Gasteiger partial charge in [-0.05, 0) is 34.7 Å². The van der Waals surface area contributed by atoms with Gasteiger partial charge in [-0.2, -0.15) is 0 Å². The molecule has 5 nitrogen and oxygen atoms in total. The summed E-state index contributed by atoms with van der Waals surface area (Å²) in [6, 6.07) is 1.01. The summed E-state index contributed by atoms with van der Waals surface area (Å²) in [5.74, 6) is -0.246. The zero-order valence-electron chi connectivity index (χ0n) is 11.6. The molecule has 2 N–H and O–H groups in total. The molecule has 0 aromatic heterocycles. The molecule has 1 aliphatic heterocycles. The van der Waals surface area contributed by atoms with Crippen molar-refractivity contribution >= 4 is 36.6 Å². The fourth-order valence-corrected chi connectivity index (χ4v) is 3.27. The average Bonchev–Trinajstić information content (AvgIpc) is 2.46. The molecule has 0 aromatic carbocycles. The van der Waals surface area contributed by atoms with E-state index in [9.17, 15) is 9.90 Å². The lowest BCUT2D eigenvalue weighted by Gasteiger charge is -2.32. The lowest BCUT2D eigenvalue weighted by atomic mass is 10.1. The molecule has 0 aliphatic carbocycles. The Balaban J connectivity index is 2.54.